The molecule has 2 unspecified atom stereocenters. The molecule has 132 valence electrons. The van der Waals surface area contributed by atoms with E-state index in [4.69, 9.17) is 11.5 Å². The van der Waals surface area contributed by atoms with Gasteiger partial charge in [-0.05, 0) is 37.4 Å². The van der Waals surface area contributed by atoms with Gasteiger partial charge in [0.05, 0.1) is 5.92 Å². The fourth-order valence-corrected chi connectivity index (χ4v) is 3.09. The molecule has 6 heteroatoms. The number of carbonyl (C=O) groups is 2. The summed E-state index contributed by atoms with van der Waals surface area (Å²) in [7, 11) is 0. The van der Waals surface area contributed by atoms with Gasteiger partial charge in [0.1, 0.15) is 0 Å². The average Bonchev–Trinajstić information content (AvgIpc) is 2.53. The molecule has 0 spiro atoms. The third-order valence-corrected chi connectivity index (χ3v) is 4.30. The van der Waals surface area contributed by atoms with Crippen LogP contribution in [0, 0.1) is 5.92 Å². The molecule has 1 heterocycles. The predicted octanol–water partition coefficient (Wildman–Crippen LogP) is 0.737. The summed E-state index contributed by atoms with van der Waals surface area (Å²) in [5.74, 6) is -0.277. The van der Waals surface area contributed by atoms with Crippen molar-refractivity contribution in [2.24, 2.45) is 17.4 Å². The Balaban J connectivity index is 1.88. The lowest BCUT2D eigenvalue weighted by Crippen LogP contribution is -2.40. The molecule has 24 heavy (non-hydrogen) atoms. The van der Waals surface area contributed by atoms with Crippen LogP contribution < -0.4 is 16.8 Å². The van der Waals surface area contributed by atoms with Gasteiger partial charge in [0.25, 0.3) is 0 Å². The summed E-state index contributed by atoms with van der Waals surface area (Å²) < 4.78 is 0. The number of nitrogens with two attached hydrogens (primary N) is 2. The summed E-state index contributed by atoms with van der Waals surface area (Å²) in [5.41, 5.74) is 13.3. The Morgan fingerprint density at radius 3 is 2.83 bits per heavy atom. The molecule has 1 fully saturated rings. The van der Waals surface area contributed by atoms with Gasteiger partial charge in [-0.15, -0.1) is 0 Å². The number of nitrogens with zero attached hydrogens (tertiary/aromatic N) is 1. The van der Waals surface area contributed by atoms with E-state index < -0.39 is 0 Å². The average molecular weight is 332 g/mol. The topological polar surface area (TPSA) is 101 Å². The Morgan fingerprint density at radius 2 is 2.12 bits per heavy atom. The molecule has 1 saturated heterocycles. The smallest absolute Gasteiger partial charge is 0.221 e. The molecule has 2 atom stereocenters. The minimum Gasteiger partial charge on any atom is -0.369 e. The Bertz CT molecular complexity index is 574. The number of piperidine rings is 1. The van der Waals surface area contributed by atoms with Crippen LogP contribution in [0.3, 0.4) is 0 Å². The lowest BCUT2D eigenvalue weighted by atomic mass is 9.97. The highest BCUT2D eigenvalue weighted by Gasteiger charge is 2.23. The van der Waals surface area contributed by atoms with Gasteiger partial charge in [-0.2, -0.15) is 0 Å². The van der Waals surface area contributed by atoms with E-state index in [0.29, 0.717) is 13.0 Å². The van der Waals surface area contributed by atoms with Crippen molar-refractivity contribution in [2.75, 3.05) is 13.1 Å². The number of primary amides is 1. The Kier molecular flexibility index (Phi) is 6.75. The first kappa shape index (κ1) is 18.4. The molecule has 0 bridgehead atoms. The van der Waals surface area contributed by atoms with Gasteiger partial charge in [0.15, 0.2) is 0 Å². The number of rotatable bonds is 7. The summed E-state index contributed by atoms with van der Waals surface area (Å²) in [6, 6.07) is 8.03. The zero-order valence-electron chi connectivity index (χ0n) is 14.3. The Hall–Kier alpha value is -1.92. The molecular weight excluding hydrogens is 304 g/mol. The predicted molar refractivity (Wildman–Crippen MR) is 93.8 cm³/mol. The maximum Gasteiger partial charge on any atom is 0.221 e. The van der Waals surface area contributed by atoms with Gasteiger partial charge in [-0.25, -0.2) is 0 Å². The van der Waals surface area contributed by atoms with Crippen molar-refractivity contribution in [1.29, 1.82) is 0 Å². The number of amides is 2. The van der Waals surface area contributed by atoms with Crippen LogP contribution in [0.1, 0.15) is 37.3 Å². The van der Waals surface area contributed by atoms with Crippen molar-refractivity contribution in [3.05, 3.63) is 35.4 Å². The molecule has 2 rings (SSSR count). The summed E-state index contributed by atoms with van der Waals surface area (Å²) in [4.78, 5) is 25.3. The van der Waals surface area contributed by atoms with Crippen LogP contribution >= 0.6 is 0 Å². The van der Waals surface area contributed by atoms with Gasteiger partial charge < -0.3 is 16.8 Å². The first-order valence-electron chi connectivity index (χ1n) is 8.56. The van der Waals surface area contributed by atoms with Crippen LogP contribution in [0.25, 0.3) is 0 Å². The van der Waals surface area contributed by atoms with Gasteiger partial charge in [-0.1, -0.05) is 24.3 Å². The van der Waals surface area contributed by atoms with E-state index in [1.165, 1.54) is 5.56 Å². The van der Waals surface area contributed by atoms with Crippen LogP contribution in [0.4, 0.5) is 0 Å². The van der Waals surface area contributed by atoms with E-state index in [1.807, 2.05) is 19.1 Å². The molecule has 0 aliphatic carbocycles. The van der Waals surface area contributed by atoms with Crippen LogP contribution in [-0.2, 0) is 22.7 Å². The molecule has 0 aromatic heterocycles. The van der Waals surface area contributed by atoms with Crippen molar-refractivity contribution in [3.8, 4) is 0 Å². The quantitative estimate of drug-likeness (QED) is 0.685. The molecule has 0 radical (unpaired) electrons. The SMILES string of the molecule is CC(N)CC(=O)NCc1cccc(CN2CCCC(C(N)=O)C2)c1. The van der Waals surface area contributed by atoms with Crippen molar-refractivity contribution in [2.45, 2.75) is 45.3 Å². The van der Waals surface area contributed by atoms with Crippen LogP contribution in [0.2, 0.25) is 0 Å². The molecule has 2 amide bonds. The summed E-state index contributed by atoms with van der Waals surface area (Å²) >= 11 is 0. The zero-order chi connectivity index (χ0) is 17.5. The third-order valence-electron chi connectivity index (χ3n) is 4.30. The van der Waals surface area contributed by atoms with Crippen molar-refractivity contribution >= 4 is 11.8 Å². The molecular formula is C18H28N4O2. The van der Waals surface area contributed by atoms with Crippen LogP contribution in [0.15, 0.2) is 24.3 Å². The summed E-state index contributed by atoms with van der Waals surface area (Å²) in [6.45, 7) is 4.83. The first-order chi connectivity index (χ1) is 11.4. The van der Waals surface area contributed by atoms with E-state index >= 15 is 0 Å². The minimum atomic E-state index is -0.203. The maximum atomic E-state index is 11.7. The summed E-state index contributed by atoms with van der Waals surface area (Å²) in [6.07, 6.45) is 2.22. The van der Waals surface area contributed by atoms with Crippen molar-refractivity contribution in [3.63, 3.8) is 0 Å². The van der Waals surface area contributed by atoms with E-state index in [1.54, 1.807) is 0 Å². The fraction of sp³-hybridized carbons (Fsp3) is 0.556. The van der Waals surface area contributed by atoms with Gasteiger partial charge in [-0.3, -0.25) is 14.5 Å². The van der Waals surface area contributed by atoms with E-state index in [2.05, 4.69) is 22.3 Å². The number of benzene rings is 1. The van der Waals surface area contributed by atoms with Gasteiger partial charge in [0.2, 0.25) is 11.8 Å². The Labute approximate surface area is 143 Å². The Morgan fingerprint density at radius 1 is 1.38 bits per heavy atom. The highest BCUT2D eigenvalue weighted by molar-refractivity contribution is 5.77. The van der Waals surface area contributed by atoms with Gasteiger partial charge in [0, 0.05) is 32.1 Å². The lowest BCUT2D eigenvalue weighted by molar-refractivity contribution is -0.123. The summed E-state index contributed by atoms with van der Waals surface area (Å²) in [5, 5.41) is 2.89. The van der Waals surface area contributed by atoms with E-state index in [-0.39, 0.29) is 23.8 Å². The highest BCUT2D eigenvalue weighted by Crippen LogP contribution is 2.18. The zero-order valence-corrected chi connectivity index (χ0v) is 14.3. The largest absolute Gasteiger partial charge is 0.369 e. The lowest BCUT2D eigenvalue weighted by Gasteiger charge is -2.31. The molecule has 1 aliphatic rings. The third kappa shape index (κ3) is 5.94. The first-order valence-corrected chi connectivity index (χ1v) is 8.56. The highest BCUT2D eigenvalue weighted by atomic mass is 16.2. The number of hydrogen-bond acceptors (Lipinski definition) is 4. The van der Waals surface area contributed by atoms with Crippen LogP contribution in [0.5, 0.6) is 0 Å². The number of carbonyl (C=O) groups excluding carboxylic acids is 2. The molecule has 1 aromatic carbocycles. The van der Waals surface area contributed by atoms with Crippen LogP contribution in [-0.4, -0.2) is 35.8 Å². The fourth-order valence-electron chi connectivity index (χ4n) is 3.09. The van der Waals surface area contributed by atoms with E-state index in [9.17, 15) is 9.59 Å². The second kappa shape index (κ2) is 8.80. The molecule has 1 aliphatic heterocycles. The number of nitrogens with one attached hydrogen (secondary N) is 1. The molecule has 0 saturated carbocycles. The second-order valence-corrected chi connectivity index (χ2v) is 6.75. The number of hydrogen-bond donors (Lipinski definition) is 3. The molecule has 1 aromatic rings. The standard InChI is InChI=1S/C18H28N4O2/c1-13(19)8-17(23)21-10-14-4-2-5-15(9-14)11-22-7-3-6-16(12-22)18(20)24/h2,4-5,9,13,16H,3,6-8,10-12,19H2,1H3,(H2,20,24)(H,21,23). The second-order valence-electron chi connectivity index (χ2n) is 6.75. The minimum absolute atomic E-state index is 0.0317. The normalized spacial score (nSPS) is 19.7. The van der Waals surface area contributed by atoms with Gasteiger partial charge >= 0.3 is 0 Å². The molecule has 5 N–H and O–H groups in total. The van der Waals surface area contributed by atoms with Crippen molar-refractivity contribution < 1.29 is 9.59 Å². The van der Waals surface area contributed by atoms with Crippen molar-refractivity contribution in [1.82, 2.24) is 10.2 Å². The number of likely N-dealkylation sites (tertiary alicyclic amines) is 1. The molecule has 6 nitrogen and oxygen atoms in total. The maximum absolute atomic E-state index is 11.7. The van der Waals surface area contributed by atoms with E-state index in [0.717, 1.165) is 38.0 Å². The monoisotopic (exact) mass is 332 g/mol.